The molecule has 0 radical (unpaired) electrons. The number of fused-ring (bicyclic) bond motifs is 1. The van der Waals surface area contributed by atoms with Crippen LogP contribution in [0.3, 0.4) is 0 Å². The lowest BCUT2D eigenvalue weighted by molar-refractivity contribution is -0.153. The second-order valence-corrected chi connectivity index (χ2v) is 6.92. The van der Waals surface area contributed by atoms with Crippen molar-refractivity contribution in [2.75, 3.05) is 13.7 Å². The summed E-state index contributed by atoms with van der Waals surface area (Å²) in [4.78, 5) is 18.1. The molecule has 2 aliphatic rings. The fourth-order valence-corrected chi connectivity index (χ4v) is 4.05. The highest BCUT2D eigenvalue weighted by Crippen LogP contribution is 2.43. The molecule has 3 atom stereocenters. The van der Waals surface area contributed by atoms with Crippen molar-refractivity contribution in [3.63, 3.8) is 0 Å². The van der Waals surface area contributed by atoms with Gasteiger partial charge in [0.15, 0.2) is 0 Å². The first-order valence-electron chi connectivity index (χ1n) is 8.82. The molecule has 0 aromatic carbocycles. The average Bonchev–Trinajstić information content (AvgIpc) is 2.99. The second-order valence-electron chi connectivity index (χ2n) is 6.92. The molecule has 1 aliphatic carbocycles. The average molecular weight is 372 g/mol. The summed E-state index contributed by atoms with van der Waals surface area (Å²) in [5.74, 6) is 0.0418. The van der Waals surface area contributed by atoms with Gasteiger partial charge in [0, 0.05) is 38.8 Å². The predicted molar refractivity (Wildman–Crippen MR) is 87.7 cm³/mol. The second kappa shape index (κ2) is 7.42. The minimum Gasteiger partial charge on any atom is -0.474 e. The van der Waals surface area contributed by atoms with Gasteiger partial charge in [-0.1, -0.05) is 6.07 Å². The molecule has 0 N–H and O–H groups in total. The number of ether oxygens (including phenoxy) is 2. The van der Waals surface area contributed by atoms with Crippen molar-refractivity contribution in [1.29, 1.82) is 0 Å². The fourth-order valence-electron chi connectivity index (χ4n) is 4.05. The van der Waals surface area contributed by atoms with Gasteiger partial charge in [0.05, 0.1) is 18.1 Å². The summed E-state index contributed by atoms with van der Waals surface area (Å²) in [6.07, 6.45) is -1.82. The normalized spacial score (nSPS) is 28.7. The Balaban J connectivity index is 1.68. The summed E-state index contributed by atoms with van der Waals surface area (Å²) in [5.41, 5.74) is -0.488. The summed E-state index contributed by atoms with van der Waals surface area (Å²) >= 11 is 0. The SMILES string of the molecule is CO[C@@]12CC[C@@H](Oc3ccccn3)C[C@@H]1N(C(=O)CCC(F)(F)F)CC2. The van der Waals surface area contributed by atoms with Crippen LogP contribution in [0.25, 0.3) is 0 Å². The number of rotatable bonds is 5. The maximum atomic E-state index is 12.5. The van der Waals surface area contributed by atoms with Crippen LogP contribution in [-0.4, -0.2) is 53.4 Å². The highest BCUT2D eigenvalue weighted by Gasteiger charge is 2.53. The number of likely N-dealkylation sites (tertiary alicyclic amines) is 1. The fraction of sp³-hybridized carbons (Fsp3) is 0.667. The quantitative estimate of drug-likeness (QED) is 0.796. The Labute approximate surface area is 150 Å². The number of nitrogens with zero attached hydrogens (tertiary/aromatic N) is 2. The number of aromatic nitrogens is 1. The lowest BCUT2D eigenvalue weighted by Gasteiger charge is -2.43. The Bertz CT molecular complexity index is 626. The monoisotopic (exact) mass is 372 g/mol. The zero-order valence-corrected chi connectivity index (χ0v) is 14.7. The predicted octanol–water partition coefficient (Wildman–Crippen LogP) is 3.34. The van der Waals surface area contributed by atoms with Crippen molar-refractivity contribution in [1.82, 2.24) is 9.88 Å². The Morgan fingerprint density at radius 3 is 2.85 bits per heavy atom. The van der Waals surface area contributed by atoms with Gasteiger partial charge >= 0.3 is 6.18 Å². The Kier molecular flexibility index (Phi) is 5.41. The molecule has 1 aromatic heterocycles. The van der Waals surface area contributed by atoms with Crippen molar-refractivity contribution >= 4 is 5.91 Å². The third-order valence-corrected chi connectivity index (χ3v) is 5.41. The van der Waals surface area contributed by atoms with E-state index in [1.807, 2.05) is 6.07 Å². The van der Waals surface area contributed by atoms with E-state index in [1.165, 1.54) is 0 Å². The van der Waals surface area contributed by atoms with E-state index < -0.39 is 30.5 Å². The summed E-state index contributed by atoms with van der Waals surface area (Å²) < 4.78 is 49.0. The van der Waals surface area contributed by atoms with E-state index in [-0.39, 0.29) is 12.1 Å². The molecule has 2 fully saturated rings. The van der Waals surface area contributed by atoms with E-state index in [9.17, 15) is 18.0 Å². The molecule has 0 unspecified atom stereocenters. The molecule has 0 spiro atoms. The van der Waals surface area contributed by atoms with E-state index in [1.54, 1.807) is 30.3 Å². The zero-order valence-electron chi connectivity index (χ0n) is 14.7. The van der Waals surface area contributed by atoms with Crippen LogP contribution in [0, 0.1) is 0 Å². The summed E-state index contributed by atoms with van der Waals surface area (Å²) in [7, 11) is 1.61. The Morgan fingerprint density at radius 2 is 2.19 bits per heavy atom. The minimum absolute atomic E-state index is 0.144. The molecule has 1 saturated carbocycles. The molecule has 144 valence electrons. The van der Waals surface area contributed by atoms with Gasteiger partial charge in [-0.2, -0.15) is 13.2 Å². The number of hydrogen-bond acceptors (Lipinski definition) is 4. The number of pyridine rings is 1. The molecular weight excluding hydrogens is 349 g/mol. The third kappa shape index (κ3) is 4.11. The molecule has 1 aliphatic heterocycles. The smallest absolute Gasteiger partial charge is 0.389 e. The first-order chi connectivity index (χ1) is 12.3. The lowest BCUT2D eigenvalue weighted by Crippen LogP contribution is -2.53. The number of halogens is 3. The zero-order chi connectivity index (χ0) is 18.8. The number of alkyl halides is 3. The van der Waals surface area contributed by atoms with Gasteiger partial charge in [-0.3, -0.25) is 4.79 Å². The molecule has 26 heavy (non-hydrogen) atoms. The van der Waals surface area contributed by atoms with E-state index in [4.69, 9.17) is 9.47 Å². The third-order valence-electron chi connectivity index (χ3n) is 5.41. The van der Waals surface area contributed by atoms with Crippen LogP contribution in [0.2, 0.25) is 0 Å². The molecule has 0 bridgehead atoms. The van der Waals surface area contributed by atoms with Crippen molar-refractivity contribution in [2.24, 2.45) is 0 Å². The first-order valence-corrected chi connectivity index (χ1v) is 8.82. The maximum absolute atomic E-state index is 12.5. The molecule has 1 amide bonds. The van der Waals surface area contributed by atoms with Gasteiger partial charge in [-0.05, 0) is 25.3 Å². The lowest BCUT2D eigenvalue weighted by atomic mass is 9.79. The molecule has 5 nitrogen and oxygen atoms in total. The molecule has 2 heterocycles. The molecule has 1 aromatic rings. The van der Waals surface area contributed by atoms with Crippen LogP contribution in [0.15, 0.2) is 24.4 Å². The highest BCUT2D eigenvalue weighted by atomic mass is 19.4. The minimum atomic E-state index is -4.33. The number of hydrogen-bond donors (Lipinski definition) is 0. The molecule has 3 rings (SSSR count). The van der Waals surface area contributed by atoms with Crippen LogP contribution in [0.5, 0.6) is 5.88 Å². The summed E-state index contributed by atoms with van der Waals surface area (Å²) in [5, 5.41) is 0. The molecule has 8 heteroatoms. The van der Waals surface area contributed by atoms with E-state index in [0.717, 1.165) is 6.42 Å². The Hall–Kier alpha value is -1.83. The number of carbonyl (C=O) groups excluding carboxylic acids is 1. The van der Waals surface area contributed by atoms with Crippen LogP contribution in [0.1, 0.15) is 38.5 Å². The molecular formula is C18H23F3N2O3. The van der Waals surface area contributed by atoms with Gasteiger partial charge in [0.25, 0.3) is 0 Å². The summed E-state index contributed by atoms with van der Waals surface area (Å²) in [6.45, 7) is 0.422. The first kappa shape index (κ1) is 18.9. The van der Waals surface area contributed by atoms with E-state index in [2.05, 4.69) is 4.98 Å². The van der Waals surface area contributed by atoms with Crippen LogP contribution >= 0.6 is 0 Å². The Morgan fingerprint density at radius 1 is 1.38 bits per heavy atom. The van der Waals surface area contributed by atoms with Crippen molar-refractivity contribution < 1.29 is 27.4 Å². The maximum Gasteiger partial charge on any atom is 0.389 e. The van der Waals surface area contributed by atoms with E-state index >= 15 is 0 Å². The van der Waals surface area contributed by atoms with Gasteiger partial charge < -0.3 is 14.4 Å². The van der Waals surface area contributed by atoms with Gasteiger partial charge in [-0.15, -0.1) is 0 Å². The topological polar surface area (TPSA) is 51.7 Å². The standard InChI is InChI=1S/C18H23F3N2O3/c1-25-17-7-5-13(26-15-4-2-3-10-22-15)12-14(17)23(11-9-17)16(24)6-8-18(19,20)21/h2-4,10,13-14H,5-9,11-12H2,1H3/t13-,14+,17-/m1/s1. The van der Waals surface area contributed by atoms with Crippen molar-refractivity contribution in [3.05, 3.63) is 24.4 Å². The van der Waals surface area contributed by atoms with Gasteiger partial charge in [0.2, 0.25) is 11.8 Å². The van der Waals surface area contributed by atoms with Gasteiger partial charge in [0.1, 0.15) is 6.10 Å². The molecule has 1 saturated heterocycles. The van der Waals surface area contributed by atoms with E-state index in [0.29, 0.717) is 31.7 Å². The van der Waals surface area contributed by atoms with Crippen LogP contribution < -0.4 is 4.74 Å². The number of carbonyl (C=O) groups is 1. The largest absolute Gasteiger partial charge is 0.474 e. The van der Waals surface area contributed by atoms with Crippen LogP contribution in [0.4, 0.5) is 13.2 Å². The highest BCUT2D eigenvalue weighted by molar-refractivity contribution is 5.77. The van der Waals surface area contributed by atoms with Gasteiger partial charge in [-0.25, -0.2) is 4.98 Å². The van der Waals surface area contributed by atoms with Crippen LogP contribution in [-0.2, 0) is 9.53 Å². The van der Waals surface area contributed by atoms with Crippen molar-refractivity contribution in [3.8, 4) is 5.88 Å². The number of amides is 1. The van der Waals surface area contributed by atoms with Crippen molar-refractivity contribution in [2.45, 2.75) is 62.4 Å². The summed E-state index contributed by atoms with van der Waals surface area (Å²) in [6, 6.07) is 5.11. The number of methoxy groups -OCH3 is 1.